The molecule has 30 heavy (non-hydrogen) atoms. The second-order valence-electron chi connectivity index (χ2n) is 8.24. The van der Waals surface area contributed by atoms with E-state index >= 15 is 0 Å². The molecule has 0 spiro atoms. The lowest BCUT2D eigenvalue weighted by atomic mass is 9.92. The molecule has 3 aliphatic heterocycles. The molecule has 0 N–H and O–H groups in total. The number of fused-ring (bicyclic) bond motifs is 4. The van der Waals surface area contributed by atoms with Gasteiger partial charge in [-0.3, -0.25) is 10.1 Å². The standard InChI is InChI=1S/C22H24ClN5O2/c1-15-5-8-17(9-6-15)27-18-3-2-4-20(27)26-12-11-25(22(26)21(18)28(29)30)14-16-7-10-19(23)24-13-16/h5-10,13,18,20H,2-4,11-12,14H2,1H3. The van der Waals surface area contributed by atoms with Crippen LogP contribution >= 0.6 is 11.6 Å². The average molecular weight is 426 g/mol. The average Bonchev–Trinajstić information content (AvgIpc) is 3.13. The van der Waals surface area contributed by atoms with Crippen LogP contribution in [0.4, 0.5) is 5.69 Å². The Morgan fingerprint density at radius 3 is 2.67 bits per heavy atom. The van der Waals surface area contributed by atoms with Crippen LogP contribution in [0.5, 0.6) is 0 Å². The first-order chi connectivity index (χ1) is 14.5. The number of rotatable bonds is 4. The number of piperidine rings is 1. The fraction of sp³-hybridized carbons (Fsp3) is 0.409. The van der Waals surface area contributed by atoms with Gasteiger partial charge < -0.3 is 14.7 Å². The number of halogens is 1. The van der Waals surface area contributed by atoms with E-state index in [1.54, 1.807) is 12.3 Å². The van der Waals surface area contributed by atoms with Gasteiger partial charge in [-0.25, -0.2) is 4.98 Å². The molecule has 2 saturated heterocycles. The molecule has 1 aromatic carbocycles. The van der Waals surface area contributed by atoms with Crippen molar-refractivity contribution >= 4 is 17.3 Å². The van der Waals surface area contributed by atoms with Crippen molar-refractivity contribution in [3.8, 4) is 0 Å². The van der Waals surface area contributed by atoms with Gasteiger partial charge >= 0.3 is 5.70 Å². The zero-order valence-electron chi connectivity index (χ0n) is 16.9. The molecule has 7 nitrogen and oxygen atoms in total. The van der Waals surface area contributed by atoms with Crippen molar-refractivity contribution in [1.29, 1.82) is 0 Å². The van der Waals surface area contributed by atoms with Crippen LogP contribution in [-0.4, -0.2) is 45.0 Å². The lowest BCUT2D eigenvalue weighted by Gasteiger charge is -2.50. The van der Waals surface area contributed by atoms with Crippen molar-refractivity contribution in [3.05, 3.63) is 80.5 Å². The number of hydrogen-bond donors (Lipinski definition) is 0. The molecule has 0 radical (unpaired) electrons. The molecule has 4 heterocycles. The molecule has 2 bridgehead atoms. The van der Waals surface area contributed by atoms with Crippen LogP contribution in [-0.2, 0) is 6.54 Å². The maximum atomic E-state index is 12.3. The van der Waals surface area contributed by atoms with E-state index in [-0.39, 0.29) is 17.1 Å². The third kappa shape index (κ3) is 3.17. The summed E-state index contributed by atoms with van der Waals surface area (Å²) in [7, 11) is 0. The Bertz CT molecular complexity index is 992. The highest BCUT2D eigenvalue weighted by molar-refractivity contribution is 6.29. The van der Waals surface area contributed by atoms with Gasteiger partial charge in [0.15, 0.2) is 5.82 Å². The van der Waals surface area contributed by atoms with Gasteiger partial charge in [0.2, 0.25) is 0 Å². The van der Waals surface area contributed by atoms with E-state index in [1.165, 1.54) is 5.56 Å². The van der Waals surface area contributed by atoms with Crippen LogP contribution < -0.4 is 4.90 Å². The molecule has 5 rings (SSSR count). The summed E-state index contributed by atoms with van der Waals surface area (Å²) in [6.45, 7) is 4.20. The highest BCUT2D eigenvalue weighted by Gasteiger charge is 2.52. The molecule has 3 aliphatic rings. The second-order valence-corrected chi connectivity index (χ2v) is 8.63. The van der Waals surface area contributed by atoms with Crippen LogP contribution in [0.25, 0.3) is 0 Å². The molecule has 2 unspecified atom stereocenters. The first kappa shape index (κ1) is 19.2. The SMILES string of the molecule is Cc1ccc(N2C3CCCC2N2CCN(Cc4ccc(Cl)nc4)C2=C3[N+](=O)[O-])cc1. The first-order valence-corrected chi connectivity index (χ1v) is 10.8. The lowest BCUT2D eigenvalue weighted by Crippen LogP contribution is -2.60. The number of pyridine rings is 1. The van der Waals surface area contributed by atoms with Gasteiger partial charge in [0.1, 0.15) is 17.4 Å². The number of nitro groups is 1. The molecule has 8 heteroatoms. The first-order valence-electron chi connectivity index (χ1n) is 10.4. The van der Waals surface area contributed by atoms with E-state index < -0.39 is 0 Å². The summed E-state index contributed by atoms with van der Waals surface area (Å²) in [4.78, 5) is 23.0. The van der Waals surface area contributed by atoms with Gasteiger partial charge in [0.05, 0.1) is 4.92 Å². The summed E-state index contributed by atoms with van der Waals surface area (Å²) in [5.74, 6) is 0.785. The molecule has 156 valence electrons. The minimum atomic E-state index is -0.211. The summed E-state index contributed by atoms with van der Waals surface area (Å²) in [6, 6.07) is 11.8. The van der Waals surface area contributed by atoms with Crippen molar-refractivity contribution in [2.24, 2.45) is 0 Å². The van der Waals surface area contributed by atoms with Gasteiger partial charge in [-0.1, -0.05) is 35.4 Å². The summed E-state index contributed by atoms with van der Waals surface area (Å²) in [6.07, 6.45) is 4.71. The van der Waals surface area contributed by atoms with Crippen LogP contribution in [0.15, 0.2) is 54.1 Å². The molecule has 0 aliphatic carbocycles. The summed E-state index contributed by atoms with van der Waals surface area (Å²) < 4.78 is 0. The van der Waals surface area contributed by atoms with Gasteiger partial charge in [0, 0.05) is 31.5 Å². The molecular formula is C22H24ClN5O2. The molecular weight excluding hydrogens is 402 g/mol. The normalized spacial score (nSPS) is 23.1. The fourth-order valence-corrected chi connectivity index (χ4v) is 5.18. The number of aromatic nitrogens is 1. The largest absolute Gasteiger partial charge is 0.347 e. The highest BCUT2D eigenvalue weighted by atomic mass is 35.5. The van der Waals surface area contributed by atoms with Crippen molar-refractivity contribution in [3.63, 3.8) is 0 Å². The number of benzene rings is 1. The molecule has 1 aromatic heterocycles. The lowest BCUT2D eigenvalue weighted by molar-refractivity contribution is -0.435. The minimum absolute atomic E-state index is 0.151. The Hall–Kier alpha value is -2.80. The van der Waals surface area contributed by atoms with E-state index in [1.807, 2.05) is 6.07 Å². The van der Waals surface area contributed by atoms with Gasteiger partial charge in [-0.2, -0.15) is 0 Å². The number of aryl methyl sites for hydroxylation is 1. The van der Waals surface area contributed by atoms with Crippen LogP contribution in [0, 0.1) is 17.0 Å². The Morgan fingerprint density at radius 1 is 1.17 bits per heavy atom. The minimum Gasteiger partial charge on any atom is -0.347 e. The van der Waals surface area contributed by atoms with E-state index in [9.17, 15) is 10.1 Å². The Morgan fingerprint density at radius 2 is 1.97 bits per heavy atom. The second kappa shape index (κ2) is 7.47. The maximum Gasteiger partial charge on any atom is 0.308 e. The number of nitrogens with zero attached hydrogens (tertiary/aromatic N) is 5. The quantitative estimate of drug-likeness (QED) is 0.419. The highest BCUT2D eigenvalue weighted by Crippen LogP contribution is 2.44. The van der Waals surface area contributed by atoms with Crippen molar-refractivity contribution < 1.29 is 4.92 Å². The molecule has 0 amide bonds. The van der Waals surface area contributed by atoms with Gasteiger partial charge in [0.25, 0.3) is 0 Å². The molecule has 0 saturated carbocycles. The summed E-state index contributed by atoms with van der Waals surface area (Å²) in [5, 5.41) is 12.8. The van der Waals surface area contributed by atoms with Crippen LogP contribution in [0.1, 0.15) is 30.4 Å². The monoisotopic (exact) mass is 425 g/mol. The molecule has 2 aromatic rings. The Kier molecular flexibility index (Phi) is 4.77. The van der Waals surface area contributed by atoms with Crippen molar-refractivity contribution in [2.45, 2.75) is 44.9 Å². The van der Waals surface area contributed by atoms with E-state index in [0.29, 0.717) is 17.4 Å². The fourth-order valence-electron chi connectivity index (χ4n) is 5.07. The zero-order valence-corrected chi connectivity index (χ0v) is 17.6. The zero-order chi connectivity index (χ0) is 20.8. The van der Waals surface area contributed by atoms with Crippen molar-refractivity contribution in [2.75, 3.05) is 18.0 Å². The van der Waals surface area contributed by atoms with Gasteiger partial charge in [-0.05, 0) is 49.9 Å². The smallest absolute Gasteiger partial charge is 0.308 e. The molecule has 2 atom stereocenters. The van der Waals surface area contributed by atoms with Crippen LogP contribution in [0.3, 0.4) is 0 Å². The topological polar surface area (TPSA) is 65.8 Å². The Balaban J connectivity index is 1.55. The molecule has 2 fully saturated rings. The van der Waals surface area contributed by atoms with E-state index in [0.717, 1.165) is 49.4 Å². The van der Waals surface area contributed by atoms with E-state index in [4.69, 9.17) is 11.6 Å². The predicted molar refractivity (Wildman–Crippen MR) is 115 cm³/mol. The number of hydrogen-bond acceptors (Lipinski definition) is 6. The summed E-state index contributed by atoms with van der Waals surface area (Å²) in [5.41, 5.74) is 3.58. The summed E-state index contributed by atoms with van der Waals surface area (Å²) >= 11 is 5.92. The van der Waals surface area contributed by atoms with Crippen molar-refractivity contribution in [1.82, 2.24) is 14.8 Å². The number of anilines is 1. The van der Waals surface area contributed by atoms with Gasteiger partial charge in [-0.15, -0.1) is 0 Å². The maximum absolute atomic E-state index is 12.3. The predicted octanol–water partition coefficient (Wildman–Crippen LogP) is 4.01. The third-order valence-corrected chi connectivity index (χ3v) is 6.60. The Labute approximate surface area is 180 Å². The third-order valence-electron chi connectivity index (χ3n) is 6.37. The van der Waals surface area contributed by atoms with E-state index in [2.05, 4.69) is 50.9 Å². The van der Waals surface area contributed by atoms with Crippen LogP contribution in [0.2, 0.25) is 5.15 Å².